The van der Waals surface area contributed by atoms with Crippen molar-refractivity contribution >= 4 is 15.9 Å². The van der Waals surface area contributed by atoms with Crippen molar-refractivity contribution in [3.63, 3.8) is 0 Å². The second kappa shape index (κ2) is 5.12. The molecule has 1 aromatic heterocycles. The van der Waals surface area contributed by atoms with Gasteiger partial charge in [0.2, 0.25) is 0 Å². The Balaban J connectivity index is 2.22. The van der Waals surface area contributed by atoms with Crippen molar-refractivity contribution in [3.8, 4) is 0 Å². The summed E-state index contributed by atoms with van der Waals surface area (Å²) in [5.74, 6) is 1.25. The first-order valence-corrected chi connectivity index (χ1v) is 7.00. The van der Waals surface area contributed by atoms with E-state index < -0.39 is 6.10 Å². The molecule has 1 aliphatic rings. The molecule has 3 atom stereocenters. The van der Waals surface area contributed by atoms with Crippen molar-refractivity contribution in [1.82, 2.24) is 0 Å². The van der Waals surface area contributed by atoms with Crippen molar-refractivity contribution in [1.29, 1.82) is 0 Å². The lowest BCUT2D eigenvalue weighted by Crippen LogP contribution is -2.40. The van der Waals surface area contributed by atoms with E-state index >= 15 is 0 Å². The molecule has 17 heavy (non-hydrogen) atoms. The smallest absolute Gasteiger partial charge is 0.169 e. The van der Waals surface area contributed by atoms with E-state index in [-0.39, 0.29) is 5.41 Å². The SMILES string of the molecule is CC1CCCC(CN)(C(O)c2ccc(Br)o2)C1. The molecular formula is C13H20BrNO2. The number of rotatable bonds is 3. The molecule has 4 heteroatoms. The van der Waals surface area contributed by atoms with Crippen LogP contribution in [0, 0.1) is 11.3 Å². The summed E-state index contributed by atoms with van der Waals surface area (Å²) in [5.41, 5.74) is 5.72. The summed E-state index contributed by atoms with van der Waals surface area (Å²) in [6.45, 7) is 2.74. The zero-order chi connectivity index (χ0) is 12.5. The van der Waals surface area contributed by atoms with E-state index in [4.69, 9.17) is 10.2 Å². The van der Waals surface area contributed by atoms with Crippen LogP contribution in [0.4, 0.5) is 0 Å². The molecule has 0 bridgehead atoms. The van der Waals surface area contributed by atoms with Gasteiger partial charge in [0.1, 0.15) is 11.9 Å². The maximum atomic E-state index is 10.5. The van der Waals surface area contributed by atoms with E-state index in [0.29, 0.717) is 22.9 Å². The first-order valence-electron chi connectivity index (χ1n) is 6.21. The maximum Gasteiger partial charge on any atom is 0.169 e. The number of furan rings is 1. The summed E-state index contributed by atoms with van der Waals surface area (Å²) in [4.78, 5) is 0. The first-order chi connectivity index (χ1) is 8.07. The molecule has 0 aliphatic heterocycles. The van der Waals surface area contributed by atoms with Crippen LogP contribution in [0.3, 0.4) is 0 Å². The van der Waals surface area contributed by atoms with Crippen LogP contribution in [0.15, 0.2) is 21.2 Å². The fourth-order valence-electron chi connectivity index (χ4n) is 3.02. The molecule has 3 nitrogen and oxygen atoms in total. The lowest BCUT2D eigenvalue weighted by molar-refractivity contribution is -0.0260. The lowest BCUT2D eigenvalue weighted by Gasteiger charge is -2.42. The molecule has 0 spiro atoms. The topological polar surface area (TPSA) is 59.4 Å². The third-order valence-corrected chi connectivity index (χ3v) is 4.40. The molecule has 1 heterocycles. The second-order valence-electron chi connectivity index (χ2n) is 5.31. The van der Waals surface area contributed by atoms with Gasteiger partial charge in [0, 0.05) is 12.0 Å². The van der Waals surface area contributed by atoms with Crippen LogP contribution in [0.25, 0.3) is 0 Å². The quantitative estimate of drug-likeness (QED) is 0.901. The minimum absolute atomic E-state index is 0.213. The largest absolute Gasteiger partial charge is 0.452 e. The highest BCUT2D eigenvalue weighted by Crippen LogP contribution is 2.47. The highest BCUT2D eigenvalue weighted by molar-refractivity contribution is 9.10. The molecule has 0 saturated heterocycles. The third-order valence-electron chi connectivity index (χ3n) is 3.98. The number of hydrogen-bond donors (Lipinski definition) is 2. The standard InChI is InChI=1S/C13H20BrNO2/c1-9-3-2-6-13(7-9,8-15)12(16)10-4-5-11(14)17-10/h4-5,9,12,16H,2-3,6-8,15H2,1H3. The van der Waals surface area contributed by atoms with Crippen molar-refractivity contribution in [2.24, 2.45) is 17.1 Å². The number of aliphatic hydroxyl groups excluding tert-OH is 1. The van der Waals surface area contributed by atoms with Gasteiger partial charge in [0.15, 0.2) is 4.67 Å². The minimum atomic E-state index is -0.596. The number of hydrogen-bond acceptors (Lipinski definition) is 3. The van der Waals surface area contributed by atoms with Gasteiger partial charge >= 0.3 is 0 Å². The molecule has 96 valence electrons. The second-order valence-corrected chi connectivity index (χ2v) is 6.09. The number of aliphatic hydroxyl groups is 1. The summed E-state index contributed by atoms with van der Waals surface area (Å²) >= 11 is 3.27. The van der Waals surface area contributed by atoms with Gasteiger partial charge in [-0.3, -0.25) is 0 Å². The zero-order valence-corrected chi connectivity index (χ0v) is 11.7. The summed E-state index contributed by atoms with van der Waals surface area (Å²) < 4.78 is 6.13. The molecule has 1 aliphatic carbocycles. The molecule has 0 aromatic carbocycles. The Morgan fingerprint density at radius 2 is 2.41 bits per heavy atom. The highest BCUT2D eigenvalue weighted by atomic mass is 79.9. The van der Waals surface area contributed by atoms with Crippen LogP contribution >= 0.6 is 15.9 Å². The molecule has 1 fully saturated rings. The monoisotopic (exact) mass is 301 g/mol. The Bertz CT molecular complexity index is 379. The molecule has 3 N–H and O–H groups in total. The van der Waals surface area contributed by atoms with Gasteiger partial charge in [-0.1, -0.05) is 19.8 Å². The van der Waals surface area contributed by atoms with E-state index in [2.05, 4.69) is 22.9 Å². The van der Waals surface area contributed by atoms with Gasteiger partial charge in [-0.15, -0.1) is 0 Å². The predicted molar refractivity (Wildman–Crippen MR) is 70.5 cm³/mol. The Morgan fingerprint density at radius 1 is 1.65 bits per heavy atom. The van der Waals surface area contributed by atoms with Crippen molar-refractivity contribution in [2.45, 2.75) is 38.7 Å². The molecule has 1 aromatic rings. The van der Waals surface area contributed by atoms with Gasteiger partial charge < -0.3 is 15.3 Å². The molecular weight excluding hydrogens is 282 g/mol. The van der Waals surface area contributed by atoms with Crippen LogP contribution in [0.1, 0.15) is 44.5 Å². The van der Waals surface area contributed by atoms with Crippen LogP contribution in [0.2, 0.25) is 0 Å². The van der Waals surface area contributed by atoms with E-state index in [1.807, 2.05) is 12.1 Å². The Labute approximate surface area is 111 Å². The number of halogens is 1. The average molecular weight is 302 g/mol. The molecule has 2 rings (SSSR count). The summed E-state index contributed by atoms with van der Waals surface area (Å²) in [6, 6.07) is 3.64. The lowest BCUT2D eigenvalue weighted by atomic mass is 9.66. The molecule has 0 radical (unpaired) electrons. The van der Waals surface area contributed by atoms with Crippen LogP contribution in [-0.4, -0.2) is 11.7 Å². The Kier molecular flexibility index (Phi) is 3.95. The van der Waals surface area contributed by atoms with Crippen LogP contribution < -0.4 is 5.73 Å². The Hall–Kier alpha value is -0.320. The van der Waals surface area contributed by atoms with Gasteiger partial charge in [0.25, 0.3) is 0 Å². The van der Waals surface area contributed by atoms with Crippen molar-refractivity contribution in [3.05, 3.63) is 22.6 Å². The maximum absolute atomic E-state index is 10.5. The summed E-state index contributed by atoms with van der Waals surface area (Å²) in [7, 11) is 0. The fraction of sp³-hybridized carbons (Fsp3) is 0.692. The summed E-state index contributed by atoms with van der Waals surface area (Å²) in [5, 5.41) is 10.5. The van der Waals surface area contributed by atoms with Crippen molar-refractivity contribution in [2.75, 3.05) is 6.54 Å². The van der Waals surface area contributed by atoms with E-state index in [1.54, 1.807) is 0 Å². The molecule has 1 saturated carbocycles. The molecule has 0 amide bonds. The van der Waals surface area contributed by atoms with Gasteiger partial charge in [-0.2, -0.15) is 0 Å². The third kappa shape index (κ3) is 2.59. The van der Waals surface area contributed by atoms with Gasteiger partial charge in [-0.05, 0) is 46.8 Å². The summed E-state index contributed by atoms with van der Waals surface area (Å²) in [6.07, 6.45) is 3.73. The van der Waals surface area contributed by atoms with Gasteiger partial charge in [-0.25, -0.2) is 0 Å². The predicted octanol–water partition coefficient (Wildman–Crippen LogP) is 3.23. The highest BCUT2D eigenvalue weighted by Gasteiger charge is 2.42. The van der Waals surface area contributed by atoms with E-state index in [0.717, 1.165) is 19.3 Å². The van der Waals surface area contributed by atoms with Crippen molar-refractivity contribution < 1.29 is 9.52 Å². The van der Waals surface area contributed by atoms with Crippen LogP contribution in [-0.2, 0) is 0 Å². The Morgan fingerprint density at radius 3 is 2.94 bits per heavy atom. The minimum Gasteiger partial charge on any atom is -0.452 e. The number of nitrogens with two attached hydrogens (primary N) is 1. The fourth-order valence-corrected chi connectivity index (χ4v) is 3.34. The zero-order valence-electron chi connectivity index (χ0n) is 10.2. The van der Waals surface area contributed by atoms with Crippen LogP contribution in [0.5, 0.6) is 0 Å². The van der Waals surface area contributed by atoms with E-state index in [1.165, 1.54) is 6.42 Å². The van der Waals surface area contributed by atoms with E-state index in [9.17, 15) is 5.11 Å². The van der Waals surface area contributed by atoms with Gasteiger partial charge in [0.05, 0.1) is 0 Å². The normalized spacial score (nSPS) is 31.4. The average Bonchev–Trinajstić information content (AvgIpc) is 2.74. The first kappa shape index (κ1) is 13.1. The molecule has 3 unspecified atom stereocenters.